The van der Waals surface area contributed by atoms with Crippen LogP contribution in [-0.4, -0.2) is 63.2 Å². The van der Waals surface area contributed by atoms with Crippen LogP contribution in [0.4, 0.5) is 0 Å². The first-order valence-electron chi connectivity index (χ1n) is 7.60. The molecule has 1 aliphatic heterocycles. The van der Waals surface area contributed by atoms with Crippen LogP contribution >= 0.6 is 0 Å². The average Bonchev–Trinajstić information content (AvgIpc) is 3.22. The zero-order valence-electron chi connectivity index (χ0n) is 12.7. The lowest BCUT2D eigenvalue weighted by molar-refractivity contribution is 0.0257. The Labute approximate surface area is 122 Å². The van der Waals surface area contributed by atoms with Crippen LogP contribution in [0.2, 0.25) is 0 Å². The fourth-order valence-corrected chi connectivity index (χ4v) is 5.55. The van der Waals surface area contributed by atoms with E-state index in [4.69, 9.17) is 10.5 Å². The van der Waals surface area contributed by atoms with Crippen molar-refractivity contribution in [1.29, 1.82) is 0 Å². The topological polar surface area (TPSA) is 72.6 Å². The van der Waals surface area contributed by atoms with Crippen molar-refractivity contribution in [2.45, 2.75) is 44.2 Å². The number of nitrogens with zero attached hydrogens (tertiary/aromatic N) is 1. The van der Waals surface area contributed by atoms with Crippen molar-refractivity contribution in [3.63, 3.8) is 0 Å². The molecular formula is C14H28N2O3S. The van der Waals surface area contributed by atoms with Gasteiger partial charge in [0.15, 0.2) is 9.84 Å². The van der Waals surface area contributed by atoms with E-state index in [1.807, 2.05) is 0 Å². The summed E-state index contributed by atoms with van der Waals surface area (Å²) < 4.78 is 29.4. The van der Waals surface area contributed by atoms with Gasteiger partial charge in [-0.2, -0.15) is 0 Å². The van der Waals surface area contributed by atoms with E-state index in [0.717, 1.165) is 19.4 Å². The summed E-state index contributed by atoms with van der Waals surface area (Å²) >= 11 is 0. The molecule has 0 bridgehead atoms. The monoisotopic (exact) mass is 304 g/mol. The Morgan fingerprint density at radius 3 is 2.65 bits per heavy atom. The van der Waals surface area contributed by atoms with Crippen molar-refractivity contribution in [3.05, 3.63) is 0 Å². The normalized spacial score (nSPS) is 31.4. The van der Waals surface area contributed by atoms with Crippen molar-refractivity contribution < 1.29 is 13.2 Å². The summed E-state index contributed by atoms with van der Waals surface area (Å²) in [6, 6.07) is 0.391. The molecule has 20 heavy (non-hydrogen) atoms. The maximum Gasteiger partial charge on any atom is 0.152 e. The highest BCUT2D eigenvalue weighted by Gasteiger charge is 2.46. The molecule has 2 rings (SSSR count). The van der Waals surface area contributed by atoms with Gasteiger partial charge >= 0.3 is 0 Å². The number of rotatable bonds is 7. The molecule has 1 aliphatic carbocycles. The third-order valence-corrected chi connectivity index (χ3v) is 6.80. The number of hydrogen-bond acceptors (Lipinski definition) is 5. The molecule has 2 unspecified atom stereocenters. The van der Waals surface area contributed by atoms with Crippen LogP contribution in [0.3, 0.4) is 0 Å². The predicted molar refractivity (Wildman–Crippen MR) is 80.4 cm³/mol. The number of methoxy groups -OCH3 is 1. The molecule has 1 heterocycles. The molecule has 2 atom stereocenters. The van der Waals surface area contributed by atoms with Gasteiger partial charge in [0, 0.05) is 31.8 Å². The Kier molecular flexibility index (Phi) is 5.10. The van der Waals surface area contributed by atoms with Crippen LogP contribution in [0.5, 0.6) is 0 Å². The Bertz CT molecular complexity index is 422. The second-order valence-electron chi connectivity index (χ2n) is 6.39. The number of ether oxygens (including phenoxy) is 1. The molecule has 0 amide bonds. The summed E-state index contributed by atoms with van der Waals surface area (Å²) in [5.41, 5.74) is 5.65. The zero-order chi connectivity index (χ0) is 14.8. The third kappa shape index (κ3) is 3.53. The third-order valence-electron chi connectivity index (χ3n) is 4.91. The molecule has 5 nitrogen and oxygen atoms in total. The maximum atomic E-state index is 12.1. The zero-order valence-corrected chi connectivity index (χ0v) is 13.5. The van der Waals surface area contributed by atoms with Gasteiger partial charge in [-0.25, -0.2) is 8.42 Å². The van der Waals surface area contributed by atoms with E-state index in [9.17, 15) is 8.42 Å². The number of sulfone groups is 1. The van der Waals surface area contributed by atoms with Gasteiger partial charge in [0.05, 0.1) is 18.1 Å². The molecule has 0 radical (unpaired) electrons. The second kappa shape index (κ2) is 6.30. The molecule has 0 spiro atoms. The first-order valence-corrected chi connectivity index (χ1v) is 9.42. The highest BCUT2D eigenvalue weighted by Crippen LogP contribution is 2.39. The summed E-state index contributed by atoms with van der Waals surface area (Å²) in [4.78, 5) is 2.34. The fraction of sp³-hybridized carbons (Fsp3) is 1.00. The van der Waals surface area contributed by atoms with Crippen LogP contribution in [0.25, 0.3) is 0 Å². The van der Waals surface area contributed by atoms with E-state index < -0.39 is 15.4 Å². The van der Waals surface area contributed by atoms with E-state index >= 15 is 0 Å². The molecule has 0 aromatic rings. The second-order valence-corrected chi connectivity index (χ2v) is 8.57. The molecule has 118 valence electrons. The van der Waals surface area contributed by atoms with E-state index in [1.54, 1.807) is 7.11 Å². The molecule has 2 fully saturated rings. The van der Waals surface area contributed by atoms with Crippen molar-refractivity contribution in [1.82, 2.24) is 4.90 Å². The summed E-state index contributed by atoms with van der Waals surface area (Å²) in [7, 11) is -1.29. The van der Waals surface area contributed by atoms with Gasteiger partial charge in [-0.3, -0.25) is 4.90 Å². The molecule has 0 aromatic heterocycles. The minimum absolute atomic E-state index is 0.206. The average molecular weight is 304 g/mol. The van der Waals surface area contributed by atoms with Crippen LogP contribution < -0.4 is 5.73 Å². The Morgan fingerprint density at radius 1 is 1.45 bits per heavy atom. The molecule has 0 aromatic carbocycles. The van der Waals surface area contributed by atoms with E-state index in [-0.39, 0.29) is 5.75 Å². The largest absolute Gasteiger partial charge is 0.383 e. The van der Waals surface area contributed by atoms with Crippen molar-refractivity contribution in [3.8, 4) is 0 Å². The number of hydrogen-bond donors (Lipinski definition) is 1. The lowest BCUT2D eigenvalue weighted by Gasteiger charge is -2.48. The molecule has 1 saturated carbocycles. The van der Waals surface area contributed by atoms with Gasteiger partial charge < -0.3 is 10.5 Å². The van der Waals surface area contributed by atoms with E-state index in [0.29, 0.717) is 30.9 Å². The quantitative estimate of drug-likeness (QED) is 0.747. The lowest BCUT2D eigenvalue weighted by Crippen LogP contribution is -2.63. The molecule has 2 aliphatic rings. The maximum absolute atomic E-state index is 12.1. The summed E-state index contributed by atoms with van der Waals surface area (Å²) in [5, 5.41) is 0. The highest BCUT2D eigenvalue weighted by atomic mass is 32.2. The Hall–Kier alpha value is -0.170. The Balaban J connectivity index is 2.22. The Morgan fingerprint density at radius 2 is 2.15 bits per heavy atom. The van der Waals surface area contributed by atoms with Gasteiger partial charge in [-0.1, -0.05) is 0 Å². The number of nitrogens with two attached hydrogens (primary N) is 1. The SMILES string of the molecule is COCCN(C(C)C1CC1)C1(CN)CCCS(=O)(=O)C1. The van der Waals surface area contributed by atoms with Crippen LogP contribution in [0, 0.1) is 5.92 Å². The smallest absolute Gasteiger partial charge is 0.152 e. The van der Waals surface area contributed by atoms with Crippen molar-refractivity contribution in [2.75, 3.05) is 38.3 Å². The lowest BCUT2D eigenvalue weighted by atomic mass is 9.90. The standard InChI is InChI=1S/C14H28N2O3S/c1-12(13-4-5-13)16(7-8-19-2)14(10-15)6-3-9-20(17,18)11-14/h12-13H,3-11,15H2,1-2H3. The van der Waals surface area contributed by atoms with E-state index in [1.165, 1.54) is 12.8 Å². The van der Waals surface area contributed by atoms with Gasteiger partial charge in [0.25, 0.3) is 0 Å². The molecule has 1 saturated heterocycles. The van der Waals surface area contributed by atoms with Crippen molar-refractivity contribution >= 4 is 9.84 Å². The minimum atomic E-state index is -2.97. The fourth-order valence-electron chi connectivity index (χ4n) is 3.58. The molecule has 2 N–H and O–H groups in total. The first kappa shape index (κ1) is 16.2. The first-order chi connectivity index (χ1) is 9.44. The predicted octanol–water partition coefficient (Wildman–Crippen LogP) is 0.639. The molecule has 6 heteroatoms. The van der Waals surface area contributed by atoms with Crippen LogP contribution in [0.1, 0.15) is 32.6 Å². The molecular weight excluding hydrogens is 276 g/mol. The van der Waals surface area contributed by atoms with Crippen LogP contribution in [0.15, 0.2) is 0 Å². The van der Waals surface area contributed by atoms with Gasteiger partial charge in [-0.15, -0.1) is 0 Å². The van der Waals surface area contributed by atoms with Gasteiger partial charge in [0.1, 0.15) is 0 Å². The van der Waals surface area contributed by atoms with Crippen LogP contribution in [-0.2, 0) is 14.6 Å². The summed E-state index contributed by atoms with van der Waals surface area (Å²) in [5.74, 6) is 1.21. The van der Waals surface area contributed by atoms with Gasteiger partial charge in [0.2, 0.25) is 0 Å². The van der Waals surface area contributed by atoms with Gasteiger partial charge in [-0.05, 0) is 38.5 Å². The minimum Gasteiger partial charge on any atom is -0.383 e. The highest BCUT2D eigenvalue weighted by molar-refractivity contribution is 7.91. The summed E-state index contributed by atoms with van der Waals surface area (Å²) in [6.07, 6.45) is 4.10. The van der Waals surface area contributed by atoms with E-state index in [2.05, 4.69) is 11.8 Å². The summed E-state index contributed by atoms with van der Waals surface area (Å²) in [6.45, 7) is 4.01. The van der Waals surface area contributed by atoms with Crippen molar-refractivity contribution in [2.24, 2.45) is 11.7 Å².